The van der Waals surface area contributed by atoms with E-state index in [1.807, 2.05) is 18.3 Å². The van der Waals surface area contributed by atoms with Crippen LogP contribution in [0.3, 0.4) is 0 Å². The second-order valence-electron chi connectivity index (χ2n) is 6.51. The smallest absolute Gasteiger partial charge is 0.367 e. The molecular formula is C17H16F3IN6. The van der Waals surface area contributed by atoms with Gasteiger partial charge in [0, 0.05) is 28.0 Å². The highest BCUT2D eigenvalue weighted by atomic mass is 127. The first kappa shape index (κ1) is 18.3. The molecule has 0 aromatic carbocycles. The molecule has 1 fully saturated rings. The van der Waals surface area contributed by atoms with Crippen LogP contribution in [0.4, 0.5) is 24.9 Å². The van der Waals surface area contributed by atoms with Crippen LogP contribution in [0.2, 0.25) is 0 Å². The Morgan fingerprint density at radius 2 is 1.89 bits per heavy atom. The standard InChI is InChI=1S/C17H16F3IN6/c18-17(19,20)10-5-6-27-15(7-10)25-16(26-27)24-13-3-2-12(8-13)23-14-4-1-11(21)9-22-14/h1,4-7,9,12-13H,2-3,8H2,(H,22,23)(H,24,26)/t12-,13-/m0/s1. The molecule has 2 N–H and O–H groups in total. The first-order valence-electron chi connectivity index (χ1n) is 8.45. The number of nitrogens with one attached hydrogen (secondary N) is 2. The van der Waals surface area contributed by atoms with Crippen molar-refractivity contribution >= 4 is 40.0 Å². The average Bonchev–Trinajstić information content (AvgIpc) is 3.21. The van der Waals surface area contributed by atoms with Gasteiger partial charge in [-0.05, 0) is 66.1 Å². The monoisotopic (exact) mass is 488 g/mol. The van der Waals surface area contributed by atoms with E-state index >= 15 is 0 Å². The summed E-state index contributed by atoms with van der Waals surface area (Å²) in [4.78, 5) is 8.52. The van der Waals surface area contributed by atoms with Crippen LogP contribution in [0.15, 0.2) is 36.7 Å². The van der Waals surface area contributed by atoms with Gasteiger partial charge in [-0.15, -0.1) is 5.10 Å². The third-order valence-electron chi connectivity index (χ3n) is 4.51. The maximum absolute atomic E-state index is 12.8. The third-order valence-corrected chi connectivity index (χ3v) is 5.15. The second kappa shape index (κ2) is 7.13. The SMILES string of the molecule is FC(F)(F)c1ccn2nc(N[C@H]3CC[C@H](Nc4ccc(I)cn4)C3)nc2c1. The van der Waals surface area contributed by atoms with Crippen LogP contribution in [0, 0.1) is 3.57 Å². The Balaban J connectivity index is 1.40. The van der Waals surface area contributed by atoms with Crippen LogP contribution in [0.5, 0.6) is 0 Å². The zero-order valence-electron chi connectivity index (χ0n) is 14.0. The number of nitrogens with zero attached hydrogens (tertiary/aromatic N) is 4. The maximum Gasteiger partial charge on any atom is 0.416 e. The number of hydrogen-bond donors (Lipinski definition) is 2. The van der Waals surface area contributed by atoms with E-state index in [1.54, 1.807) is 0 Å². The fraction of sp³-hybridized carbons (Fsp3) is 0.353. The Bertz CT molecular complexity index is 940. The number of alkyl halides is 3. The summed E-state index contributed by atoms with van der Waals surface area (Å²) in [6.07, 6.45) is 1.44. The zero-order chi connectivity index (χ0) is 19.0. The predicted octanol–water partition coefficient (Wildman–Crippen LogP) is 4.19. The van der Waals surface area contributed by atoms with Crippen molar-refractivity contribution < 1.29 is 13.2 Å². The minimum Gasteiger partial charge on any atom is -0.367 e. The molecule has 0 aliphatic heterocycles. The molecule has 10 heteroatoms. The van der Waals surface area contributed by atoms with Crippen LogP contribution in [-0.2, 0) is 6.18 Å². The van der Waals surface area contributed by atoms with Gasteiger partial charge < -0.3 is 10.6 Å². The van der Waals surface area contributed by atoms with Crippen molar-refractivity contribution in [1.82, 2.24) is 19.6 Å². The van der Waals surface area contributed by atoms with Crippen LogP contribution in [0.25, 0.3) is 5.65 Å². The van der Waals surface area contributed by atoms with Crippen molar-refractivity contribution in [3.63, 3.8) is 0 Å². The molecule has 0 bridgehead atoms. The molecule has 2 atom stereocenters. The van der Waals surface area contributed by atoms with Gasteiger partial charge in [0.15, 0.2) is 5.65 Å². The molecule has 6 nitrogen and oxygen atoms in total. The van der Waals surface area contributed by atoms with E-state index in [0.717, 1.165) is 40.8 Å². The van der Waals surface area contributed by atoms with Crippen molar-refractivity contribution in [2.24, 2.45) is 0 Å². The van der Waals surface area contributed by atoms with Crippen molar-refractivity contribution in [2.45, 2.75) is 37.5 Å². The molecule has 0 unspecified atom stereocenters. The summed E-state index contributed by atoms with van der Waals surface area (Å²) < 4.78 is 40.9. The molecule has 142 valence electrons. The number of pyridine rings is 2. The van der Waals surface area contributed by atoms with Gasteiger partial charge in [-0.3, -0.25) is 0 Å². The molecule has 1 saturated carbocycles. The van der Waals surface area contributed by atoms with Gasteiger partial charge in [0.25, 0.3) is 0 Å². The topological polar surface area (TPSA) is 67.1 Å². The molecule has 3 heterocycles. The molecule has 27 heavy (non-hydrogen) atoms. The van der Waals surface area contributed by atoms with Gasteiger partial charge in [0.05, 0.1) is 5.56 Å². The van der Waals surface area contributed by atoms with Gasteiger partial charge in [0.1, 0.15) is 5.82 Å². The highest BCUT2D eigenvalue weighted by Crippen LogP contribution is 2.30. The van der Waals surface area contributed by atoms with E-state index in [2.05, 4.69) is 48.3 Å². The lowest BCUT2D eigenvalue weighted by molar-refractivity contribution is -0.137. The lowest BCUT2D eigenvalue weighted by atomic mass is 10.2. The quantitative estimate of drug-likeness (QED) is 0.540. The van der Waals surface area contributed by atoms with Gasteiger partial charge >= 0.3 is 6.18 Å². The molecule has 1 aliphatic carbocycles. The minimum atomic E-state index is -4.39. The summed E-state index contributed by atoms with van der Waals surface area (Å²) in [6.45, 7) is 0. The summed E-state index contributed by atoms with van der Waals surface area (Å²) in [5, 5.41) is 10.8. The fourth-order valence-corrected chi connectivity index (χ4v) is 3.53. The van der Waals surface area contributed by atoms with Gasteiger partial charge in [-0.25, -0.2) is 9.50 Å². The van der Waals surface area contributed by atoms with Crippen LogP contribution in [0.1, 0.15) is 24.8 Å². The molecule has 1 aliphatic rings. The molecular weight excluding hydrogens is 472 g/mol. The third kappa shape index (κ3) is 4.25. The summed E-state index contributed by atoms with van der Waals surface area (Å²) in [5.74, 6) is 1.18. The van der Waals surface area contributed by atoms with Gasteiger partial charge in [0.2, 0.25) is 5.95 Å². The van der Waals surface area contributed by atoms with Gasteiger partial charge in [-0.2, -0.15) is 18.2 Å². The minimum absolute atomic E-state index is 0.158. The first-order chi connectivity index (χ1) is 12.9. The van der Waals surface area contributed by atoms with Crippen molar-refractivity contribution in [2.75, 3.05) is 10.6 Å². The van der Waals surface area contributed by atoms with E-state index in [4.69, 9.17) is 0 Å². The van der Waals surface area contributed by atoms with Crippen LogP contribution >= 0.6 is 22.6 Å². The number of hydrogen-bond acceptors (Lipinski definition) is 5. The number of fused-ring (bicyclic) bond motifs is 1. The number of anilines is 2. The molecule has 0 amide bonds. The maximum atomic E-state index is 12.8. The van der Waals surface area contributed by atoms with E-state index in [0.29, 0.717) is 5.95 Å². The number of aromatic nitrogens is 4. The largest absolute Gasteiger partial charge is 0.416 e. The van der Waals surface area contributed by atoms with E-state index < -0.39 is 11.7 Å². The number of halogens is 4. The van der Waals surface area contributed by atoms with Crippen LogP contribution < -0.4 is 10.6 Å². The summed E-state index contributed by atoms with van der Waals surface area (Å²) in [7, 11) is 0. The Kier molecular flexibility index (Phi) is 4.82. The molecule has 0 saturated heterocycles. The zero-order valence-corrected chi connectivity index (χ0v) is 16.2. The molecule has 0 spiro atoms. The van der Waals surface area contributed by atoms with Crippen molar-refractivity contribution in [3.8, 4) is 0 Å². The Labute approximate surface area is 166 Å². The highest BCUT2D eigenvalue weighted by Gasteiger charge is 2.31. The lowest BCUT2D eigenvalue weighted by Gasteiger charge is -2.14. The molecule has 3 aromatic heterocycles. The van der Waals surface area contributed by atoms with E-state index in [1.165, 1.54) is 10.7 Å². The van der Waals surface area contributed by atoms with Gasteiger partial charge in [-0.1, -0.05) is 0 Å². The summed E-state index contributed by atoms with van der Waals surface area (Å²) in [5.41, 5.74) is -0.563. The van der Waals surface area contributed by atoms with E-state index in [-0.39, 0.29) is 17.7 Å². The fourth-order valence-electron chi connectivity index (χ4n) is 3.22. The normalized spacial score (nSPS) is 20.1. The first-order valence-corrected chi connectivity index (χ1v) is 9.53. The Morgan fingerprint density at radius 1 is 1.11 bits per heavy atom. The highest BCUT2D eigenvalue weighted by molar-refractivity contribution is 14.1. The second-order valence-corrected chi connectivity index (χ2v) is 7.75. The van der Waals surface area contributed by atoms with Crippen molar-refractivity contribution in [1.29, 1.82) is 0 Å². The Hall–Kier alpha value is -2.11. The van der Waals surface area contributed by atoms with E-state index in [9.17, 15) is 13.2 Å². The lowest BCUT2D eigenvalue weighted by Crippen LogP contribution is -2.21. The average molecular weight is 488 g/mol. The summed E-state index contributed by atoms with van der Waals surface area (Å²) in [6, 6.07) is 6.38. The number of rotatable bonds is 4. The predicted molar refractivity (Wildman–Crippen MR) is 104 cm³/mol. The molecule has 4 rings (SSSR count). The van der Waals surface area contributed by atoms with Crippen LogP contribution in [-0.4, -0.2) is 31.7 Å². The summed E-state index contributed by atoms with van der Waals surface area (Å²) >= 11 is 2.21. The Morgan fingerprint density at radius 3 is 2.59 bits per heavy atom. The van der Waals surface area contributed by atoms with Crippen molar-refractivity contribution in [3.05, 3.63) is 45.8 Å². The molecule has 0 radical (unpaired) electrons. The molecule has 3 aromatic rings.